The summed E-state index contributed by atoms with van der Waals surface area (Å²) in [4.78, 5) is 14.4. The van der Waals surface area contributed by atoms with Gasteiger partial charge in [0.1, 0.15) is 0 Å². The lowest BCUT2D eigenvalue weighted by Crippen LogP contribution is -2.41. The average Bonchev–Trinajstić information content (AvgIpc) is 3.08. The lowest BCUT2D eigenvalue weighted by Gasteiger charge is -2.32. The summed E-state index contributed by atoms with van der Waals surface area (Å²) in [6.45, 7) is 1.52. The molecule has 3 rings (SSSR count). The predicted molar refractivity (Wildman–Crippen MR) is 88.3 cm³/mol. The zero-order valence-corrected chi connectivity index (χ0v) is 13.8. The van der Waals surface area contributed by atoms with Gasteiger partial charge in [-0.2, -0.15) is 5.10 Å². The number of piperidine rings is 1. The minimum absolute atomic E-state index is 0.0499. The number of rotatable bonds is 5. The second kappa shape index (κ2) is 7.47. The first kappa shape index (κ1) is 16.5. The predicted octanol–water partition coefficient (Wildman–Crippen LogP) is 2.58. The van der Waals surface area contributed by atoms with Crippen LogP contribution in [-0.4, -0.2) is 41.2 Å². The number of hydrogen-bond acceptors (Lipinski definition) is 3. The van der Waals surface area contributed by atoms with Gasteiger partial charge in [0.25, 0.3) is 0 Å². The third-order valence-electron chi connectivity index (χ3n) is 4.51. The number of nitrogens with one attached hydrogen (secondary N) is 1. The molecule has 1 amide bonds. The maximum atomic E-state index is 13.8. The van der Waals surface area contributed by atoms with E-state index in [1.165, 1.54) is 13.2 Å². The Morgan fingerprint density at radius 2 is 2.33 bits per heavy atom. The normalized spacial score (nSPS) is 17.8. The average molecular weight is 331 g/mol. The number of carbonyl (C=O) groups excluding carboxylic acids is 1. The molecular formula is C18H22FN3O2. The zero-order valence-electron chi connectivity index (χ0n) is 13.8. The van der Waals surface area contributed by atoms with Gasteiger partial charge in [0.2, 0.25) is 5.91 Å². The van der Waals surface area contributed by atoms with Crippen molar-refractivity contribution in [1.29, 1.82) is 0 Å². The summed E-state index contributed by atoms with van der Waals surface area (Å²) in [6, 6.07) is 6.66. The molecule has 1 aromatic heterocycles. The molecule has 0 aliphatic carbocycles. The molecule has 0 saturated carbocycles. The Bertz CT molecular complexity index is 688. The lowest BCUT2D eigenvalue weighted by molar-refractivity contribution is -0.132. The lowest BCUT2D eigenvalue weighted by atomic mass is 9.93. The van der Waals surface area contributed by atoms with Gasteiger partial charge >= 0.3 is 0 Å². The molecule has 1 atom stereocenters. The van der Waals surface area contributed by atoms with Crippen LogP contribution in [0.3, 0.4) is 0 Å². The number of likely N-dealkylation sites (tertiary alicyclic amines) is 1. The Morgan fingerprint density at radius 1 is 1.46 bits per heavy atom. The minimum atomic E-state index is -0.432. The van der Waals surface area contributed by atoms with Crippen LogP contribution in [0.4, 0.5) is 4.39 Å². The number of benzene rings is 1. The highest BCUT2D eigenvalue weighted by Crippen LogP contribution is 2.22. The summed E-state index contributed by atoms with van der Waals surface area (Å²) in [5, 5.41) is 6.95. The molecule has 1 saturated heterocycles. The highest BCUT2D eigenvalue weighted by atomic mass is 19.1. The van der Waals surface area contributed by atoms with Crippen LogP contribution in [0.2, 0.25) is 0 Å². The van der Waals surface area contributed by atoms with Crippen molar-refractivity contribution in [3.05, 3.63) is 47.5 Å². The summed E-state index contributed by atoms with van der Waals surface area (Å²) in [5.41, 5.74) is 1.78. The van der Waals surface area contributed by atoms with Crippen molar-refractivity contribution in [1.82, 2.24) is 15.1 Å². The number of H-pyrrole nitrogens is 1. The summed E-state index contributed by atoms with van der Waals surface area (Å²) in [7, 11) is 1.43. The topological polar surface area (TPSA) is 58.2 Å². The van der Waals surface area contributed by atoms with Crippen molar-refractivity contribution in [2.75, 3.05) is 20.2 Å². The molecule has 0 radical (unpaired) electrons. The van der Waals surface area contributed by atoms with Crippen molar-refractivity contribution < 1.29 is 13.9 Å². The van der Waals surface area contributed by atoms with Crippen LogP contribution in [0.25, 0.3) is 0 Å². The molecule has 0 spiro atoms. The quantitative estimate of drug-likeness (QED) is 0.916. The molecule has 1 aliphatic rings. The van der Waals surface area contributed by atoms with Crippen LogP contribution in [0.1, 0.15) is 24.1 Å². The standard InChI is InChI=1S/C18H22FN3O2/c1-24-17-5-4-13(10-16(17)19)11-18(23)22-8-2-3-14(12-22)9-15-6-7-20-21-15/h4-7,10,14H,2-3,8-9,11-12H2,1H3,(H,20,21)/t14-/m0/s1. The van der Waals surface area contributed by atoms with E-state index in [2.05, 4.69) is 10.2 Å². The van der Waals surface area contributed by atoms with Gasteiger partial charge in [0, 0.05) is 25.0 Å². The highest BCUT2D eigenvalue weighted by molar-refractivity contribution is 5.79. The fourth-order valence-corrected chi connectivity index (χ4v) is 3.27. The van der Waals surface area contributed by atoms with E-state index in [-0.39, 0.29) is 18.1 Å². The van der Waals surface area contributed by atoms with Crippen LogP contribution in [-0.2, 0) is 17.6 Å². The Hall–Kier alpha value is -2.37. The van der Waals surface area contributed by atoms with Crippen molar-refractivity contribution in [3.8, 4) is 5.75 Å². The first-order valence-electron chi connectivity index (χ1n) is 8.24. The number of halogens is 1. The number of carbonyl (C=O) groups is 1. The molecule has 0 bridgehead atoms. The van der Waals surface area contributed by atoms with E-state index in [0.29, 0.717) is 11.5 Å². The fourth-order valence-electron chi connectivity index (χ4n) is 3.27. The summed E-state index contributed by atoms with van der Waals surface area (Å²) in [5.74, 6) is 0.256. The van der Waals surface area contributed by atoms with Crippen molar-refractivity contribution in [2.45, 2.75) is 25.7 Å². The molecule has 2 heterocycles. The summed E-state index contributed by atoms with van der Waals surface area (Å²) >= 11 is 0. The molecule has 1 N–H and O–H groups in total. The molecule has 24 heavy (non-hydrogen) atoms. The minimum Gasteiger partial charge on any atom is -0.494 e. The maximum Gasteiger partial charge on any atom is 0.227 e. The zero-order chi connectivity index (χ0) is 16.9. The summed E-state index contributed by atoms with van der Waals surface area (Å²) < 4.78 is 18.7. The van der Waals surface area contributed by atoms with Crippen molar-refractivity contribution >= 4 is 5.91 Å². The number of ether oxygens (including phenoxy) is 1. The van der Waals surface area contributed by atoms with Gasteiger partial charge in [-0.15, -0.1) is 0 Å². The van der Waals surface area contributed by atoms with Crippen LogP contribution in [0.15, 0.2) is 30.5 Å². The van der Waals surface area contributed by atoms with Crippen LogP contribution in [0, 0.1) is 11.7 Å². The van der Waals surface area contributed by atoms with Gasteiger partial charge in [-0.25, -0.2) is 4.39 Å². The first-order valence-corrected chi connectivity index (χ1v) is 8.24. The van der Waals surface area contributed by atoms with Crippen LogP contribution in [0.5, 0.6) is 5.75 Å². The van der Waals surface area contributed by atoms with Crippen molar-refractivity contribution in [2.24, 2.45) is 5.92 Å². The second-order valence-corrected chi connectivity index (χ2v) is 6.28. The van der Waals surface area contributed by atoms with Gasteiger partial charge in [0.15, 0.2) is 11.6 Å². The fraction of sp³-hybridized carbons (Fsp3) is 0.444. The third kappa shape index (κ3) is 3.93. The number of hydrogen-bond donors (Lipinski definition) is 1. The Balaban J connectivity index is 1.59. The van der Waals surface area contributed by atoms with E-state index in [1.807, 2.05) is 11.0 Å². The Kier molecular flexibility index (Phi) is 5.13. The van der Waals surface area contributed by atoms with E-state index >= 15 is 0 Å². The largest absolute Gasteiger partial charge is 0.494 e. The molecule has 1 aliphatic heterocycles. The molecule has 5 nitrogen and oxygen atoms in total. The monoisotopic (exact) mass is 331 g/mol. The molecule has 6 heteroatoms. The molecule has 0 unspecified atom stereocenters. The van der Waals surface area contributed by atoms with Crippen molar-refractivity contribution in [3.63, 3.8) is 0 Å². The van der Waals surface area contributed by atoms with E-state index < -0.39 is 5.82 Å². The second-order valence-electron chi connectivity index (χ2n) is 6.28. The third-order valence-corrected chi connectivity index (χ3v) is 4.51. The number of aromatic amines is 1. The molecular weight excluding hydrogens is 309 g/mol. The van der Waals surface area contributed by atoms with E-state index in [4.69, 9.17) is 4.74 Å². The van der Waals surface area contributed by atoms with Crippen LogP contribution >= 0.6 is 0 Å². The highest BCUT2D eigenvalue weighted by Gasteiger charge is 2.24. The van der Waals surface area contributed by atoms with Gasteiger partial charge < -0.3 is 9.64 Å². The first-order chi connectivity index (χ1) is 11.7. The number of aromatic nitrogens is 2. The van der Waals surface area contributed by atoms with Crippen LogP contribution < -0.4 is 4.74 Å². The smallest absolute Gasteiger partial charge is 0.227 e. The van der Waals surface area contributed by atoms with E-state index in [0.717, 1.165) is 38.0 Å². The van der Waals surface area contributed by atoms with Gasteiger partial charge in [-0.1, -0.05) is 6.07 Å². The number of methoxy groups -OCH3 is 1. The molecule has 1 aromatic carbocycles. The molecule has 1 fully saturated rings. The summed E-state index contributed by atoms with van der Waals surface area (Å²) in [6.07, 6.45) is 4.99. The Morgan fingerprint density at radius 3 is 3.04 bits per heavy atom. The van der Waals surface area contributed by atoms with E-state index in [9.17, 15) is 9.18 Å². The Labute approximate surface area is 140 Å². The van der Waals surface area contributed by atoms with E-state index in [1.54, 1.807) is 18.3 Å². The van der Waals surface area contributed by atoms with Gasteiger partial charge in [-0.3, -0.25) is 9.89 Å². The van der Waals surface area contributed by atoms with Gasteiger partial charge in [-0.05, 0) is 48.9 Å². The number of amides is 1. The molecule has 128 valence electrons. The number of nitrogens with zero attached hydrogens (tertiary/aromatic N) is 2. The maximum absolute atomic E-state index is 13.8. The molecule has 2 aromatic rings. The SMILES string of the molecule is COc1ccc(CC(=O)N2CCC[C@@H](Cc3ccn[nH]3)C2)cc1F. The van der Waals surface area contributed by atoms with Gasteiger partial charge in [0.05, 0.1) is 13.5 Å².